The van der Waals surface area contributed by atoms with Gasteiger partial charge in [-0.05, 0) is 87.2 Å². The van der Waals surface area contributed by atoms with Gasteiger partial charge in [0.2, 0.25) is 0 Å². The number of aryl methyl sites for hydroxylation is 1. The number of nitrogens with one attached hydrogen (secondary N) is 1. The summed E-state index contributed by atoms with van der Waals surface area (Å²) in [6.07, 6.45) is 0.782. The predicted molar refractivity (Wildman–Crippen MR) is 101 cm³/mol. The molecule has 0 aliphatic rings. The van der Waals surface area contributed by atoms with Crippen molar-refractivity contribution in [2.75, 3.05) is 0 Å². The molecule has 5 nitrogen and oxygen atoms in total. The van der Waals surface area contributed by atoms with Gasteiger partial charge in [0, 0.05) is 0 Å². The maximum atomic E-state index is 12.0. The van der Waals surface area contributed by atoms with Crippen molar-refractivity contribution >= 4 is 44.0 Å². The van der Waals surface area contributed by atoms with Crippen molar-refractivity contribution < 1.29 is 14.6 Å². The summed E-state index contributed by atoms with van der Waals surface area (Å²) in [5.41, 5.74) is 4.25. The minimum atomic E-state index is -0.701. The van der Waals surface area contributed by atoms with Gasteiger partial charge in [0.25, 0.3) is 5.91 Å². The number of aromatic hydroxyl groups is 1. The Hall–Kier alpha value is -1.86. The summed E-state index contributed by atoms with van der Waals surface area (Å²) < 4.78 is 6.97. The van der Waals surface area contributed by atoms with E-state index in [1.54, 1.807) is 25.1 Å². The van der Waals surface area contributed by atoms with Crippen molar-refractivity contribution in [1.82, 2.24) is 5.43 Å². The molecule has 0 aliphatic heterocycles. The number of ether oxygens (including phenoxy) is 1. The highest BCUT2D eigenvalue weighted by Gasteiger charge is 2.15. The second-order valence-corrected chi connectivity index (χ2v) is 6.85. The number of hydrogen-bond acceptors (Lipinski definition) is 4. The fraction of sp³-hybridized carbons (Fsp3) is 0.176. The van der Waals surface area contributed by atoms with E-state index in [-0.39, 0.29) is 11.7 Å². The van der Waals surface area contributed by atoms with Gasteiger partial charge in [0.15, 0.2) is 6.10 Å². The summed E-state index contributed by atoms with van der Waals surface area (Å²) in [6, 6.07) is 10.5. The predicted octanol–water partition coefficient (Wildman–Crippen LogP) is 4.14. The first-order valence-corrected chi connectivity index (χ1v) is 8.69. The van der Waals surface area contributed by atoms with Gasteiger partial charge in [-0.2, -0.15) is 5.10 Å². The third-order valence-electron chi connectivity index (χ3n) is 3.12. The fourth-order valence-electron chi connectivity index (χ4n) is 1.81. The van der Waals surface area contributed by atoms with E-state index in [9.17, 15) is 9.90 Å². The summed E-state index contributed by atoms with van der Waals surface area (Å²) in [6.45, 7) is 3.62. The van der Waals surface area contributed by atoms with E-state index in [4.69, 9.17) is 4.74 Å². The van der Waals surface area contributed by atoms with Crippen molar-refractivity contribution in [3.05, 3.63) is 56.5 Å². The van der Waals surface area contributed by atoms with Crippen molar-refractivity contribution in [3.8, 4) is 11.5 Å². The van der Waals surface area contributed by atoms with Crippen molar-refractivity contribution in [1.29, 1.82) is 0 Å². The second kappa shape index (κ2) is 8.30. The second-order valence-electron chi connectivity index (χ2n) is 5.14. The van der Waals surface area contributed by atoms with Gasteiger partial charge in [-0.25, -0.2) is 5.43 Å². The number of amides is 1. The molecular formula is C17H16Br2N2O3. The van der Waals surface area contributed by atoms with Gasteiger partial charge in [-0.1, -0.05) is 6.07 Å². The summed E-state index contributed by atoms with van der Waals surface area (Å²) in [4.78, 5) is 12.0. The van der Waals surface area contributed by atoms with Crippen molar-refractivity contribution in [2.45, 2.75) is 20.0 Å². The first-order chi connectivity index (χ1) is 11.4. The highest BCUT2D eigenvalue weighted by Crippen LogP contribution is 2.26. The minimum Gasteiger partial charge on any atom is -0.507 e. The third kappa shape index (κ3) is 5.07. The fourth-order valence-corrected chi connectivity index (χ4v) is 2.79. The van der Waals surface area contributed by atoms with Gasteiger partial charge in [-0.15, -0.1) is 0 Å². The maximum Gasteiger partial charge on any atom is 0.280 e. The molecule has 0 heterocycles. The number of phenols is 1. The molecule has 2 aromatic rings. The third-order valence-corrected chi connectivity index (χ3v) is 4.38. The van der Waals surface area contributed by atoms with Crippen LogP contribution >= 0.6 is 31.9 Å². The van der Waals surface area contributed by atoms with Crippen LogP contribution in [0.2, 0.25) is 0 Å². The average molecular weight is 456 g/mol. The van der Waals surface area contributed by atoms with Crippen LogP contribution in [0.4, 0.5) is 0 Å². The van der Waals surface area contributed by atoms with Crippen LogP contribution in [0.5, 0.6) is 11.5 Å². The van der Waals surface area contributed by atoms with Gasteiger partial charge in [0.1, 0.15) is 11.5 Å². The molecule has 1 atom stereocenters. The van der Waals surface area contributed by atoms with E-state index in [0.717, 1.165) is 15.6 Å². The molecule has 0 spiro atoms. The Bertz CT molecular complexity index is 778. The van der Waals surface area contributed by atoms with Gasteiger partial charge < -0.3 is 9.84 Å². The monoisotopic (exact) mass is 454 g/mol. The van der Waals surface area contributed by atoms with Crippen LogP contribution in [0.15, 0.2) is 50.4 Å². The highest BCUT2D eigenvalue weighted by molar-refractivity contribution is 9.10. The lowest BCUT2D eigenvalue weighted by molar-refractivity contribution is -0.127. The van der Waals surface area contributed by atoms with Crippen LogP contribution in [0, 0.1) is 6.92 Å². The molecule has 0 radical (unpaired) electrons. The smallest absolute Gasteiger partial charge is 0.280 e. The van der Waals surface area contributed by atoms with Crippen LogP contribution in [0.25, 0.3) is 0 Å². The normalized spacial score (nSPS) is 12.2. The summed E-state index contributed by atoms with van der Waals surface area (Å²) in [5, 5.41) is 13.3. The van der Waals surface area contributed by atoms with Crippen molar-refractivity contribution in [3.63, 3.8) is 0 Å². The summed E-state index contributed by atoms with van der Waals surface area (Å²) >= 11 is 6.62. The number of nitrogens with zero attached hydrogens (tertiary/aromatic N) is 1. The number of halogens is 2. The minimum absolute atomic E-state index is 0.141. The number of carbonyl (C=O) groups excluding carboxylic acids is 1. The zero-order valence-electron chi connectivity index (χ0n) is 13.1. The molecule has 0 aromatic heterocycles. The number of hydrazone groups is 1. The molecule has 0 aliphatic carbocycles. The quantitative estimate of drug-likeness (QED) is 0.525. The Kier molecular flexibility index (Phi) is 6.39. The number of rotatable bonds is 5. The summed E-state index contributed by atoms with van der Waals surface area (Å²) in [5.74, 6) is 0.369. The molecule has 0 fully saturated rings. The Morgan fingerprint density at radius 2 is 2.00 bits per heavy atom. The topological polar surface area (TPSA) is 70.9 Å². The van der Waals surface area contributed by atoms with Gasteiger partial charge in [-0.3, -0.25) is 4.79 Å². The molecule has 0 saturated heterocycles. The SMILES string of the molecule is Cc1ccc(OC(C)C(=O)NN=Cc2ccc(O)c(Br)c2)c(Br)c1. The van der Waals surface area contributed by atoms with Crippen molar-refractivity contribution in [2.24, 2.45) is 5.10 Å². The largest absolute Gasteiger partial charge is 0.507 e. The molecule has 126 valence electrons. The van der Waals surface area contributed by atoms with E-state index < -0.39 is 6.10 Å². The van der Waals surface area contributed by atoms with E-state index in [2.05, 4.69) is 42.4 Å². The standard InChI is InChI=1S/C17H16Br2N2O3/c1-10-3-6-16(14(19)7-10)24-11(2)17(23)21-20-9-12-4-5-15(22)13(18)8-12/h3-9,11,22H,1-2H3,(H,21,23). The molecule has 2 N–H and O–H groups in total. The Morgan fingerprint density at radius 3 is 2.67 bits per heavy atom. The highest BCUT2D eigenvalue weighted by atomic mass is 79.9. The average Bonchev–Trinajstić information content (AvgIpc) is 2.53. The molecule has 0 saturated carbocycles. The summed E-state index contributed by atoms with van der Waals surface area (Å²) in [7, 11) is 0. The molecule has 7 heteroatoms. The number of benzene rings is 2. The van der Waals surface area contributed by atoms with E-state index in [0.29, 0.717) is 10.2 Å². The lowest BCUT2D eigenvalue weighted by Crippen LogP contribution is -2.33. The molecule has 1 unspecified atom stereocenters. The van der Waals surface area contributed by atoms with Crippen LogP contribution in [-0.2, 0) is 4.79 Å². The van der Waals surface area contributed by atoms with E-state index in [1.807, 2.05) is 19.1 Å². The first kappa shape index (κ1) is 18.5. The molecule has 2 rings (SSSR count). The Morgan fingerprint density at radius 1 is 1.25 bits per heavy atom. The molecule has 1 amide bonds. The number of hydrogen-bond donors (Lipinski definition) is 2. The lowest BCUT2D eigenvalue weighted by Gasteiger charge is -2.14. The Balaban J connectivity index is 1.93. The lowest BCUT2D eigenvalue weighted by atomic mass is 10.2. The zero-order valence-corrected chi connectivity index (χ0v) is 16.3. The van der Waals surface area contributed by atoms with Gasteiger partial charge >= 0.3 is 0 Å². The van der Waals surface area contributed by atoms with Crippen LogP contribution in [0.1, 0.15) is 18.1 Å². The van der Waals surface area contributed by atoms with E-state index >= 15 is 0 Å². The Labute approximate surface area is 157 Å². The molecule has 0 bridgehead atoms. The van der Waals surface area contributed by atoms with Crippen LogP contribution in [0.3, 0.4) is 0 Å². The van der Waals surface area contributed by atoms with Crippen LogP contribution in [-0.4, -0.2) is 23.3 Å². The molecule has 24 heavy (non-hydrogen) atoms. The van der Waals surface area contributed by atoms with Gasteiger partial charge in [0.05, 0.1) is 15.2 Å². The zero-order chi connectivity index (χ0) is 17.7. The van der Waals surface area contributed by atoms with E-state index in [1.165, 1.54) is 12.3 Å². The maximum absolute atomic E-state index is 12.0. The molecular weight excluding hydrogens is 440 g/mol. The van der Waals surface area contributed by atoms with Crippen LogP contribution < -0.4 is 10.2 Å². The first-order valence-electron chi connectivity index (χ1n) is 7.11. The number of carbonyl (C=O) groups is 1. The number of phenolic OH excluding ortho intramolecular Hbond substituents is 1. The molecule has 2 aromatic carbocycles.